The molecule has 0 atom stereocenters. The van der Waals surface area contributed by atoms with E-state index in [9.17, 15) is 14.4 Å². The van der Waals surface area contributed by atoms with Gasteiger partial charge in [0.2, 0.25) is 5.91 Å². The second-order valence-electron chi connectivity index (χ2n) is 12.5. The number of carbonyl (C=O) groups excluding carboxylic acids is 2. The van der Waals surface area contributed by atoms with Crippen LogP contribution in [0.25, 0.3) is 22.3 Å². The van der Waals surface area contributed by atoms with Gasteiger partial charge in [0.05, 0.1) is 22.7 Å². The Morgan fingerprint density at radius 3 is 2.52 bits per heavy atom. The van der Waals surface area contributed by atoms with Crippen LogP contribution in [0.3, 0.4) is 0 Å². The Labute approximate surface area is 293 Å². The molecule has 2 saturated heterocycles. The van der Waals surface area contributed by atoms with Gasteiger partial charge < -0.3 is 30.2 Å². The number of aromatic nitrogens is 5. The number of pyridine rings is 3. The van der Waals surface area contributed by atoms with Crippen LogP contribution in [0.5, 0.6) is 0 Å². The Balaban J connectivity index is 0.00000239. The van der Waals surface area contributed by atoms with Crippen molar-refractivity contribution in [2.24, 2.45) is 0 Å². The molecule has 0 bridgehead atoms. The molecule has 6 rings (SSSR count). The van der Waals surface area contributed by atoms with E-state index in [1.807, 2.05) is 39.0 Å². The van der Waals surface area contributed by atoms with Crippen LogP contribution >= 0.6 is 0 Å². The first-order valence-electron chi connectivity index (χ1n) is 17.6. The number of anilines is 2. The highest BCUT2D eigenvalue weighted by Crippen LogP contribution is 2.34. The van der Waals surface area contributed by atoms with Gasteiger partial charge in [-0.2, -0.15) is 5.10 Å². The van der Waals surface area contributed by atoms with E-state index < -0.39 is 11.8 Å². The van der Waals surface area contributed by atoms with Crippen molar-refractivity contribution in [1.29, 1.82) is 0 Å². The minimum absolute atomic E-state index is 0.0344. The van der Waals surface area contributed by atoms with Crippen molar-refractivity contribution in [3.05, 3.63) is 75.9 Å². The van der Waals surface area contributed by atoms with Crippen LogP contribution in [-0.2, 0) is 22.5 Å². The molecule has 0 radical (unpaired) electrons. The smallest absolute Gasteiger partial charge is 0.253 e. The van der Waals surface area contributed by atoms with Crippen molar-refractivity contribution < 1.29 is 14.3 Å². The molecule has 2 aliphatic rings. The van der Waals surface area contributed by atoms with E-state index in [0.29, 0.717) is 54.8 Å². The summed E-state index contributed by atoms with van der Waals surface area (Å²) in [6, 6.07) is 7.56. The number of hydrogen-bond donors (Lipinski definition) is 3. The number of piperazine rings is 1. The van der Waals surface area contributed by atoms with Gasteiger partial charge in [-0.1, -0.05) is 33.8 Å². The van der Waals surface area contributed by atoms with E-state index in [-0.39, 0.29) is 29.5 Å². The van der Waals surface area contributed by atoms with Gasteiger partial charge in [-0.3, -0.25) is 14.4 Å². The highest BCUT2D eigenvalue weighted by Gasteiger charge is 2.27. The lowest BCUT2D eigenvalue weighted by Crippen LogP contribution is -2.44. The van der Waals surface area contributed by atoms with E-state index in [4.69, 9.17) is 19.8 Å². The van der Waals surface area contributed by atoms with Crippen molar-refractivity contribution in [1.82, 2.24) is 34.9 Å². The van der Waals surface area contributed by atoms with Gasteiger partial charge in [0.15, 0.2) is 11.5 Å². The summed E-state index contributed by atoms with van der Waals surface area (Å²) in [5, 5.41) is 11.0. The minimum Gasteiger partial charge on any atom is -0.381 e. The molecule has 4 aromatic rings. The maximum absolute atomic E-state index is 14.2. The molecule has 0 unspecified atom stereocenters. The fourth-order valence-electron chi connectivity index (χ4n) is 6.40. The van der Waals surface area contributed by atoms with Crippen LogP contribution in [0.1, 0.15) is 73.3 Å². The zero-order valence-corrected chi connectivity index (χ0v) is 29.8. The molecule has 50 heavy (non-hydrogen) atoms. The first kappa shape index (κ1) is 36.4. The molecule has 2 fully saturated rings. The van der Waals surface area contributed by atoms with Gasteiger partial charge in [0, 0.05) is 69.0 Å². The molecule has 2 amide bonds. The molecule has 2 aliphatic heterocycles. The topological polar surface area (TPSA) is 150 Å². The number of rotatable bonds is 10. The number of hydrogen-bond acceptors (Lipinski definition) is 9. The number of amides is 2. The molecule has 0 aromatic carbocycles. The van der Waals surface area contributed by atoms with E-state index in [2.05, 4.69) is 46.0 Å². The zero-order valence-electron chi connectivity index (χ0n) is 29.8. The van der Waals surface area contributed by atoms with Crippen LogP contribution in [0.2, 0.25) is 0 Å². The predicted octanol–water partition coefficient (Wildman–Crippen LogP) is 4.63. The number of nitrogens with zero attached hydrogens (tertiary/aromatic N) is 6. The number of carbonyl (C=O) groups is 2. The molecule has 0 spiro atoms. The average molecular weight is 684 g/mol. The third kappa shape index (κ3) is 8.11. The third-order valence-electron chi connectivity index (χ3n) is 9.05. The number of H-pyrrole nitrogens is 1. The Morgan fingerprint density at radius 1 is 1.12 bits per heavy atom. The number of nitrogens with one attached hydrogen (secondary N) is 3. The van der Waals surface area contributed by atoms with Crippen LogP contribution in [0.15, 0.2) is 47.9 Å². The predicted molar refractivity (Wildman–Crippen MR) is 197 cm³/mol. The quantitative estimate of drug-likeness (QED) is 0.204. The molecule has 13 nitrogen and oxygen atoms in total. The van der Waals surface area contributed by atoms with Crippen LogP contribution < -0.4 is 21.1 Å². The summed E-state index contributed by atoms with van der Waals surface area (Å²) in [6.45, 7) is 16.4. The van der Waals surface area contributed by atoms with Gasteiger partial charge in [-0.05, 0) is 69.1 Å². The van der Waals surface area contributed by atoms with E-state index >= 15 is 0 Å². The molecule has 0 aliphatic carbocycles. The second kappa shape index (κ2) is 16.7. The standard InChI is InChI=1S/C35H43N9O4.C2H6/c1-5-7-23-18-22(3)38-35(47)27(23)21-37-34(46)26-19-28(24-8-9-29(36-20-24)43-14-12-42(4)13-15-43)39-33-31(26)32(40-30(45)6-2)41-44(33)25-10-16-48-17-11-25;1-2/h6,8-9,18-20,25H,2,5,7,10-17,21H2,1,3-4H3,(H,37,46)(H,38,47)(H,40,41,45);1-2H3. The summed E-state index contributed by atoms with van der Waals surface area (Å²) < 4.78 is 7.41. The first-order valence-corrected chi connectivity index (χ1v) is 17.6. The molecule has 4 aromatic heterocycles. The van der Waals surface area contributed by atoms with Crippen LogP contribution in [0.4, 0.5) is 11.6 Å². The monoisotopic (exact) mass is 683 g/mol. The van der Waals surface area contributed by atoms with Gasteiger partial charge in [-0.25, -0.2) is 14.6 Å². The van der Waals surface area contributed by atoms with Crippen molar-refractivity contribution in [2.45, 2.75) is 66.0 Å². The molecule has 0 saturated carbocycles. The number of aryl methyl sites for hydroxylation is 2. The molecular weight excluding hydrogens is 634 g/mol. The van der Waals surface area contributed by atoms with Crippen molar-refractivity contribution in [2.75, 3.05) is 56.7 Å². The number of likely N-dealkylation sites (N-methyl/N-ethyl adjacent to an activating group) is 1. The molecule has 6 heterocycles. The van der Waals surface area contributed by atoms with E-state index in [1.54, 1.807) is 16.9 Å². The highest BCUT2D eigenvalue weighted by molar-refractivity contribution is 6.13. The Hall–Kier alpha value is -4.88. The molecule has 266 valence electrons. The molecule has 13 heteroatoms. The van der Waals surface area contributed by atoms with Gasteiger partial charge >= 0.3 is 0 Å². The summed E-state index contributed by atoms with van der Waals surface area (Å²) in [5.74, 6) is 0.226. The van der Waals surface area contributed by atoms with E-state index in [1.165, 1.54) is 0 Å². The second-order valence-corrected chi connectivity index (χ2v) is 12.5. The summed E-state index contributed by atoms with van der Waals surface area (Å²) in [5.41, 5.74) is 3.98. The minimum atomic E-state index is -0.456. The van der Waals surface area contributed by atoms with Gasteiger partial charge in [0.25, 0.3) is 11.5 Å². The fourth-order valence-corrected chi connectivity index (χ4v) is 6.40. The number of ether oxygens (including phenoxy) is 1. The third-order valence-corrected chi connectivity index (χ3v) is 9.05. The molecule has 3 N–H and O–H groups in total. The largest absolute Gasteiger partial charge is 0.381 e. The fraction of sp³-hybridized carbons (Fsp3) is 0.459. The average Bonchev–Trinajstić information content (AvgIpc) is 3.50. The Kier molecular flexibility index (Phi) is 12.1. The lowest BCUT2D eigenvalue weighted by atomic mass is 10.0. The van der Waals surface area contributed by atoms with Gasteiger partial charge in [-0.15, -0.1) is 0 Å². The lowest BCUT2D eigenvalue weighted by Gasteiger charge is -2.33. The summed E-state index contributed by atoms with van der Waals surface area (Å²) in [7, 11) is 2.12. The first-order chi connectivity index (χ1) is 24.2. The Bertz CT molecular complexity index is 1870. The summed E-state index contributed by atoms with van der Waals surface area (Å²) >= 11 is 0. The lowest BCUT2D eigenvalue weighted by molar-refractivity contribution is -0.111. The maximum Gasteiger partial charge on any atom is 0.253 e. The zero-order chi connectivity index (χ0) is 35.8. The van der Waals surface area contributed by atoms with Crippen molar-refractivity contribution in [3.63, 3.8) is 0 Å². The summed E-state index contributed by atoms with van der Waals surface area (Å²) in [6.07, 6.45) is 5.92. The van der Waals surface area contributed by atoms with Crippen LogP contribution in [0, 0.1) is 6.92 Å². The van der Waals surface area contributed by atoms with Crippen molar-refractivity contribution in [3.8, 4) is 11.3 Å². The van der Waals surface area contributed by atoms with Gasteiger partial charge in [0.1, 0.15) is 5.82 Å². The van der Waals surface area contributed by atoms with Crippen LogP contribution in [-0.4, -0.2) is 87.9 Å². The van der Waals surface area contributed by atoms with E-state index in [0.717, 1.165) is 61.3 Å². The normalized spacial score (nSPS) is 15.3. The van der Waals surface area contributed by atoms with Crippen molar-refractivity contribution >= 4 is 34.5 Å². The summed E-state index contributed by atoms with van der Waals surface area (Å²) in [4.78, 5) is 56.9. The molecular formula is C37H49N9O4. The Morgan fingerprint density at radius 2 is 1.86 bits per heavy atom. The SMILES string of the molecule is C=CC(=O)Nc1nn(C2CCOCC2)c2nc(-c3ccc(N4CCN(C)CC4)nc3)cc(C(=O)NCc3c(CCC)cc(C)[nH]c3=O)c12.CC. The highest BCUT2D eigenvalue weighted by atomic mass is 16.5. The maximum atomic E-state index is 14.2. The number of aromatic amines is 1. The number of fused-ring (bicyclic) bond motifs is 1.